The van der Waals surface area contributed by atoms with Crippen LogP contribution in [0.3, 0.4) is 0 Å². The maximum Gasteiger partial charge on any atom is 0.234 e. The monoisotopic (exact) mass is 399 g/mol. The number of aryl methyl sites for hydroxylation is 1. The molecule has 1 saturated heterocycles. The molecule has 0 bridgehead atoms. The Hall–Kier alpha value is -2.14. The lowest BCUT2D eigenvalue weighted by Crippen LogP contribution is -2.42. The summed E-state index contributed by atoms with van der Waals surface area (Å²) in [5.41, 5.74) is 3.45. The third-order valence-corrected chi connectivity index (χ3v) is 5.84. The Balaban J connectivity index is 1.64. The summed E-state index contributed by atoms with van der Waals surface area (Å²) in [7, 11) is 0. The van der Waals surface area contributed by atoms with E-state index in [9.17, 15) is 14.7 Å². The van der Waals surface area contributed by atoms with Gasteiger partial charge in [-0.05, 0) is 64.5 Å². The van der Waals surface area contributed by atoms with Crippen LogP contribution in [0.2, 0.25) is 0 Å². The molecule has 0 saturated carbocycles. The molecule has 4 rings (SSSR count). The summed E-state index contributed by atoms with van der Waals surface area (Å²) in [6.45, 7) is 2.42. The average molecular weight is 400 g/mol. The van der Waals surface area contributed by atoms with Crippen molar-refractivity contribution in [2.75, 3.05) is 0 Å². The summed E-state index contributed by atoms with van der Waals surface area (Å²) < 4.78 is 0.477. The second kappa shape index (κ2) is 5.99. The first-order valence-corrected chi connectivity index (χ1v) is 9.18. The summed E-state index contributed by atoms with van der Waals surface area (Å²) in [5, 5.41) is 10.2. The summed E-state index contributed by atoms with van der Waals surface area (Å²) in [6, 6.07) is 11.6. The molecule has 128 valence electrons. The Bertz CT molecular complexity index is 893. The minimum Gasteiger partial charge on any atom is -0.506 e. The van der Waals surface area contributed by atoms with E-state index in [0.29, 0.717) is 17.4 Å². The molecule has 25 heavy (non-hydrogen) atoms. The summed E-state index contributed by atoms with van der Waals surface area (Å²) in [5.74, 6) is -1.23. The van der Waals surface area contributed by atoms with E-state index in [1.807, 2.05) is 30.0 Å². The van der Waals surface area contributed by atoms with Crippen LogP contribution in [0.1, 0.15) is 45.9 Å². The molecule has 2 aromatic carbocycles. The normalized spacial score (nSPS) is 21.8. The molecule has 2 atom stereocenters. The van der Waals surface area contributed by atoms with Crippen molar-refractivity contribution in [1.29, 1.82) is 0 Å². The predicted molar refractivity (Wildman–Crippen MR) is 97.3 cm³/mol. The Labute approximate surface area is 154 Å². The Morgan fingerprint density at radius 2 is 2.00 bits per heavy atom. The summed E-state index contributed by atoms with van der Waals surface area (Å²) in [4.78, 5) is 27.8. The smallest absolute Gasteiger partial charge is 0.234 e. The number of nitrogens with zero attached hydrogens (tertiary/aromatic N) is 1. The minimum absolute atomic E-state index is 0.0746. The van der Waals surface area contributed by atoms with Crippen LogP contribution in [0.15, 0.2) is 40.9 Å². The van der Waals surface area contributed by atoms with Gasteiger partial charge in [0.1, 0.15) is 11.7 Å². The van der Waals surface area contributed by atoms with Crippen LogP contribution in [-0.4, -0.2) is 21.7 Å². The number of ketones is 1. The van der Waals surface area contributed by atoms with Gasteiger partial charge in [-0.1, -0.05) is 24.3 Å². The van der Waals surface area contributed by atoms with E-state index < -0.39 is 5.92 Å². The number of halogens is 1. The first-order chi connectivity index (χ1) is 12.0. The van der Waals surface area contributed by atoms with E-state index in [1.165, 1.54) is 5.56 Å². The fraction of sp³-hybridized carbons (Fsp3) is 0.300. The van der Waals surface area contributed by atoms with Crippen molar-refractivity contribution in [2.24, 2.45) is 5.92 Å². The van der Waals surface area contributed by atoms with Gasteiger partial charge in [-0.2, -0.15) is 0 Å². The number of phenolic OH excluding ortho intramolecular Hbond substituents is 1. The number of Topliss-reactive ketones (excluding diaryl/α,β-unsaturated/α-hetero) is 1. The van der Waals surface area contributed by atoms with Gasteiger partial charge < -0.3 is 10.0 Å². The van der Waals surface area contributed by atoms with Crippen LogP contribution in [0, 0.1) is 12.8 Å². The van der Waals surface area contributed by atoms with Gasteiger partial charge >= 0.3 is 0 Å². The fourth-order valence-corrected chi connectivity index (χ4v) is 4.58. The summed E-state index contributed by atoms with van der Waals surface area (Å²) >= 11 is 3.27. The van der Waals surface area contributed by atoms with Crippen LogP contribution in [-0.2, 0) is 11.3 Å². The maximum atomic E-state index is 13.0. The third kappa shape index (κ3) is 2.58. The van der Waals surface area contributed by atoms with Gasteiger partial charge in [0.15, 0.2) is 5.78 Å². The molecule has 1 fully saturated rings. The second-order valence-electron chi connectivity index (χ2n) is 6.82. The standard InChI is InChI=1S/C20H18BrNO3/c1-11-8-15(19(24)16(21)9-11)18(23)14-6-7-17-13-5-3-2-4-12(13)10-22(17)20(14)25/h2-5,8-9,14,17,24H,6-7,10H2,1H3. The van der Waals surface area contributed by atoms with Crippen molar-refractivity contribution in [2.45, 2.75) is 32.4 Å². The van der Waals surface area contributed by atoms with Crippen molar-refractivity contribution in [3.8, 4) is 5.75 Å². The van der Waals surface area contributed by atoms with E-state index in [0.717, 1.165) is 17.5 Å². The lowest BCUT2D eigenvalue weighted by atomic mass is 9.85. The number of aromatic hydroxyl groups is 1. The molecule has 0 aliphatic carbocycles. The van der Waals surface area contributed by atoms with E-state index in [2.05, 4.69) is 22.0 Å². The second-order valence-corrected chi connectivity index (χ2v) is 7.67. The molecule has 1 amide bonds. The number of rotatable bonds is 2. The van der Waals surface area contributed by atoms with E-state index in [4.69, 9.17) is 0 Å². The van der Waals surface area contributed by atoms with Gasteiger partial charge in [-0.15, -0.1) is 0 Å². The first kappa shape index (κ1) is 16.3. The fourth-order valence-electron chi connectivity index (χ4n) is 4.01. The van der Waals surface area contributed by atoms with Gasteiger partial charge in [0.25, 0.3) is 0 Å². The number of benzene rings is 2. The molecule has 0 radical (unpaired) electrons. The SMILES string of the molecule is Cc1cc(Br)c(O)c(C(=O)C2CCC3c4ccccc4CN3C2=O)c1. The number of hydrogen-bond acceptors (Lipinski definition) is 3. The molecule has 0 spiro atoms. The highest BCUT2D eigenvalue weighted by Crippen LogP contribution is 2.43. The predicted octanol–water partition coefficient (Wildman–Crippen LogP) is 4.14. The zero-order valence-corrected chi connectivity index (χ0v) is 15.4. The lowest BCUT2D eigenvalue weighted by molar-refractivity contribution is -0.139. The number of carbonyl (C=O) groups excluding carboxylic acids is 2. The van der Waals surface area contributed by atoms with Crippen LogP contribution in [0.5, 0.6) is 5.75 Å². The molecule has 2 unspecified atom stereocenters. The number of fused-ring (bicyclic) bond motifs is 3. The molecule has 4 nitrogen and oxygen atoms in total. The maximum absolute atomic E-state index is 13.0. The van der Waals surface area contributed by atoms with Crippen molar-refractivity contribution in [3.63, 3.8) is 0 Å². The van der Waals surface area contributed by atoms with Crippen LogP contribution < -0.4 is 0 Å². The van der Waals surface area contributed by atoms with E-state index in [-0.39, 0.29) is 29.0 Å². The molecule has 2 aliphatic rings. The van der Waals surface area contributed by atoms with Crippen LogP contribution in [0.25, 0.3) is 0 Å². The Morgan fingerprint density at radius 1 is 1.24 bits per heavy atom. The number of carbonyl (C=O) groups is 2. The van der Waals surface area contributed by atoms with Crippen molar-refractivity contribution >= 4 is 27.6 Å². The van der Waals surface area contributed by atoms with Crippen molar-refractivity contribution in [1.82, 2.24) is 4.90 Å². The zero-order valence-electron chi connectivity index (χ0n) is 13.8. The quantitative estimate of drug-likeness (QED) is 0.609. The van der Waals surface area contributed by atoms with E-state index >= 15 is 0 Å². The van der Waals surface area contributed by atoms with Gasteiger partial charge in [0.05, 0.1) is 16.1 Å². The molecular weight excluding hydrogens is 382 g/mol. The topological polar surface area (TPSA) is 57.6 Å². The van der Waals surface area contributed by atoms with Gasteiger partial charge in [0, 0.05) is 6.54 Å². The zero-order chi connectivity index (χ0) is 17.7. The lowest BCUT2D eigenvalue weighted by Gasteiger charge is -2.34. The van der Waals surface area contributed by atoms with Crippen molar-refractivity contribution < 1.29 is 14.7 Å². The average Bonchev–Trinajstić information content (AvgIpc) is 2.98. The number of phenols is 1. The Kier molecular flexibility index (Phi) is 3.91. The number of amides is 1. The molecule has 2 aliphatic heterocycles. The van der Waals surface area contributed by atoms with Crippen LogP contribution >= 0.6 is 15.9 Å². The largest absolute Gasteiger partial charge is 0.506 e. The summed E-state index contributed by atoms with van der Waals surface area (Å²) in [6.07, 6.45) is 1.28. The molecule has 2 aromatic rings. The highest BCUT2D eigenvalue weighted by Gasteiger charge is 2.43. The first-order valence-electron chi connectivity index (χ1n) is 8.39. The molecule has 0 aromatic heterocycles. The van der Waals surface area contributed by atoms with Crippen molar-refractivity contribution in [3.05, 3.63) is 63.1 Å². The minimum atomic E-state index is -0.717. The molecular formula is C20H18BrNO3. The number of hydrogen-bond donors (Lipinski definition) is 1. The highest BCUT2D eigenvalue weighted by atomic mass is 79.9. The van der Waals surface area contributed by atoms with Crippen LogP contribution in [0.4, 0.5) is 0 Å². The number of piperidine rings is 1. The van der Waals surface area contributed by atoms with E-state index in [1.54, 1.807) is 12.1 Å². The van der Waals surface area contributed by atoms with Gasteiger partial charge in [0.2, 0.25) is 5.91 Å². The molecule has 2 heterocycles. The van der Waals surface area contributed by atoms with Gasteiger partial charge in [-0.25, -0.2) is 0 Å². The molecule has 1 N–H and O–H groups in total. The Morgan fingerprint density at radius 3 is 2.80 bits per heavy atom. The molecule has 5 heteroatoms. The van der Waals surface area contributed by atoms with Gasteiger partial charge in [-0.3, -0.25) is 9.59 Å². The third-order valence-electron chi connectivity index (χ3n) is 5.23. The highest BCUT2D eigenvalue weighted by molar-refractivity contribution is 9.10.